The van der Waals surface area contributed by atoms with Gasteiger partial charge in [0.2, 0.25) is 3.79 Å². The van der Waals surface area contributed by atoms with Crippen LogP contribution in [0.25, 0.3) is 0 Å². The van der Waals surface area contributed by atoms with Crippen molar-refractivity contribution in [2.45, 2.75) is 47.6 Å². The van der Waals surface area contributed by atoms with Gasteiger partial charge in [0.15, 0.2) is 0 Å². The molecule has 172 valence electrons. The molecule has 3 aliphatic rings. The van der Waals surface area contributed by atoms with Gasteiger partial charge in [0.05, 0.1) is 18.2 Å². The van der Waals surface area contributed by atoms with Gasteiger partial charge in [0.1, 0.15) is 12.6 Å². The van der Waals surface area contributed by atoms with Crippen molar-refractivity contribution >= 4 is 58.7 Å². The molecule has 0 aliphatic carbocycles. The minimum Gasteiger partial charge on any atom is -0.467 e. The fraction of sp³-hybridized carbons (Fsp3) is 0.524. The van der Waals surface area contributed by atoms with E-state index in [4.69, 9.17) is 44.3 Å². The molecule has 2 bridgehead atoms. The molecule has 0 N–H and O–H groups in total. The molecule has 8 nitrogen and oxygen atoms in total. The zero-order chi connectivity index (χ0) is 23.2. The lowest BCUT2D eigenvalue weighted by Gasteiger charge is -2.41. The molecule has 4 rings (SSSR count). The third kappa shape index (κ3) is 4.16. The van der Waals surface area contributed by atoms with Crippen molar-refractivity contribution in [3.63, 3.8) is 0 Å². The summed E-state index contributed by atoms with van der Waals surface area (Å²) >= 11 is 17.0. The van der Waals surface area contributed by atoms with Crippen LogP contribution in [0.1, 0.15) is 46.4 Å². The maximum atomic E-state index is 13.0. The van der Waals surface area contributed by atoms with Crippen molar-refractivity contribution in [2.24, 2.45) is 5.92 Å². The smallest absolute Gasteiger partial charge is 0.410 e. The fourth-order valence-electron chi connectivity index (χ4n) is 5.08. The number of hydrogen-bond donors (Lipinski definition) is 0. The van der Waals surface area contributed by atoms with E-state index in [1.165, 1.54) is 7.11 Å². The monoisotopic (exact) mass is 502 g/mol. The van der Waals surface area contributed by atoms with Gasteiger partial charge in [0, 0.05) is 12.1 Å². The number of fused-ring (bicyclic) bond motifs is 3. The predicted octanol–water partition coefficient (Wildman–Crippen LogP) is 3.57. The third-order valence-electron chi connectivity index (χ3n) is 6.33. The Morgan fingerprint density at radius 3 is 2.06 bits per heavy atom. The number of nitrogens with zero attached hydrogens (tertiary/aromatic N) is 2. The van der Waals surface area contributed by atoms with Gasteiger partial charge in [-0.3, -0.25) is 14.5 Å². The van der Waals surface area contributed by atoms with Crippen LogP contribution in [0.5, 0.6) is 0 Å². The zero-order valence-corrected chi connectivity index (χ0v) is 19.4. The number of amides is 3. The number of rotatable bonds is 4. The van der Waals surface area contributed by atoms with Crippen molar-refractivity contribution in [3.8, 4) is 0 Å². The summed E-state index contributed by atoms with van der Waals surface area (Å²) in [6, 6.07) is 4.96. The van der Waals surface area contributed by atoms with Gasteiger partial charge >= 0.3 is 12.1 Å². The van der Waals surface area contributed by atoms with Gasteiger partial charge in [-0.1, -0.05) is 46.9 Å². The summed E-state index contributed by atoms with van der Waals surface area (Å²) in [5, 5.41) is 0. The van der Waals surface area contributed by atoms with Crippen LogP contribution in [0.4, 0.5) is 4.79 Å². The maximum Gasteiger partial charge on any atom is 0.410 e. The minimum atomic E-state index is -1.71. The summed E-state index contributed by atoms with van der Waals surface area (Å²) in [7, 11) is 1.23. The Morgan fingerprint density at radius 2 is 1.59 bits per heavy atom. The zero-order valence-electron chi connectivity index (χ0n) is 17.1. The van der Waals surface area contributed by atoms with Crippen LogP contribution in [0, 0.1) is 5.92 Å². The Bertz CT molecular complexity index is 916. The van der Waals surface area contributed by atoms with Gasteiger partial charge in [-0.25, -0.2) is 9.59 Å². The van der Waals surface area contributed by atoms with Gasteiger partial charge in [-0.05, 0) is 43.7 Å². The number of halogens is 3. The number of hydrogen-bond acceptors (Lipinski definition) is 6. The van der Waals surface area contributed by atoms with Gasteiger partial charge in [-0.15, -0.1) is 0 Å². The lowest BCUT2D eigenvalue weighted by Crippen LogP contribution is -2.55. The Morgan fingerprint density at radius 1 is 1.06 bits per heavy atom. The van der Waals surface area contributed by atoms with E-state index in [-0.39, 0.29) is 35.7 Å². The molecule has 3 amide bonds. The second kappa shape index (κ2) is 8.72. The van der Waals surface area contributed by atoms with Gasteiger partial charge in [-0.2, -0.15) is 0 Å². The molecule has 0 saturated carbocycles. The minimum absolute atomic E-state index is 0.219. The number of methoxy groups -OCH3 is 1. The lowest BCUT2D eigenvalue weighted by molar-refractivity contribution is -0.148. The van der Waals surface area contributed by atoms with Crippen molar-refractivity contribution in [1.29, 1.82) is 0 Å². The molecule has 0 spiro atoms. The second-order valence-corrected chi connectivity index (χ2v) is 10.7. The number of imide groups is 1. The average Bonchev–Trinajstić information content (AvgIpc) is 3.16. The summed E-state index contributed by atoms with van der Waals surface area (Å²) in [5.41, 5.74) is 0.532. The van der Waals surface area contributed by atoms with E-state index in [1.807, 2.05) is 0 Å². The van der Waals surface area contributed by atoms with Crippen molar-refractivity contribution in [3.05, 3.63) is 35.4 Å². The second-order valence-electron chi connectivity index (χ2n) is 8.19. The Kier molecular flexibility index (Phi) is 6.31. The molecule has 3 heterocycles. The third-order valence-corrected chi connectivity index (χ3v) is 6.66. The maximum absolute atomic E-state index is 13.0. The largest absolute Gasteiger partial charge is 0.467 e. The van der Waals surface area contributed by atoms with Crippen LogP contribution >= 0.6 is 34.8 Å². The first-order chi connectivity index (χ1) is 15.1. The van der Waals surface area contributed by atoms with E-state index in [0.717, 1.165) is 4.90 Å². The first-order valence-electron chi connectivity index (χ1n) is 10.2. The molecule has 11 heteroatoms. The Hall–Kier alpha value is -2.03. The summed E-state index contributed by atoms with van der Waals surface area (Å²) in [6.45, 7) is -0.379. The van der Waals surface area contributed by atoms with Crippen LogP contribution in [0.3, 0.4) is 0 Å². The van der Waals surface area contributed by atoms with Gasteiger partial charge in [0.25, 0.3) is 11.8 Å². The molecule has 2 unspecified atom stereocenters. The number of alkyl halides is 3. The van der Waals surface area contributed by atoms with E-state index in [1.54, 1.807) is 29.2 Å². The molecule has 32 heavy (non-hydrogen) atoms. The van der Waals surface area contributed by atoms with Crippen LogP contribution in [0.15, 0.2) is 24.3 Å². The summed E-state index contributed by atoms with van der Waals surface area (Å²) < 4.78 is 8.41. The summed E-state index contributed by atoms with van der Waals surface area (Å²) in [4.78, 5) is 54.0. The fourth-order valence-corrected chi connectivity index (χ4v) is 5.25. The summed E-state index contributed by atoms with van der Waals surface area (Å²) in [6.07, 6.45) is 1.65. The molecule has 2 saturated heterocycles. The van der Waals surface area contributed by atoms with E-state index in [2.05, 4.69) is 0 Å². The Labute approximate surface area is 199 Å². The molecule has 3 atom stereocenters. The van der Waals surface area contributed by atoms with E-state index in [9.17, 15) is 19.2 Å². The highest BCUT2D eigenvalue weighted by Gasteiger charge is 2.52. The predicted molar refractivity (Wildman–Crippen MR) is 116 cm³/mol. The van der Waals surface area contributed by atoms with Gasteiger partial charge < -0.3 is 14.4 Å². The van der Waals surface area contributed by atoms with E-state index < -0.39 is 33.7 Å². The number of benzene rings is 1. The molecule has 1 aromatic rings. The molecular weight excluding hydrogens is 483 g/mol. The first-order valence-corrected chi connectivity index (χ1v) is 11.3. The average molecular weight is 504 g/mol. The molecule has 1 aromatic carbocycles. The van der Waals surface area contributed by atoms with Crippen LogP contribution < -0.4 is 0 Å². The molecular formula is C21H21Cl3N2O6. The number of piperidine rings is 1. The Balaban J connectivity index is 1.55. The van der Waals surface area contributed by atoms with Crippen molar-refractivity contribution < 1.29 is 28.7 Å². The standard InChI is InChI=1S/C21H21Cl3N2O6/c1-31-19(29)16(26-17(27)14-4-2-3-5-15(14)18(26)28)11-8-12-6-7-13(9-11)25(12)20(30)32-10-21(22,23)24/h2-5,11-13,16H,6-10H2,1H3/t11?,12?,13?,16-/m0/s1. The molecule has 2 fully saturated rings. The number of carbonyl (C=O) groups excluding carboxylic acids is 4. The molecule has 3 aliphatic heterocycles. The quantitative estimate of drug-likeness (QED) is 0.354. The highest BCUT2D eigenvalue weighted by atomic mass is 35.6. The van der Waals surface area contributed by atoms with Crippen molar-refractivity contribution in [1.82, 2.24) is 9.80 Å². The number of esters is 1. The summed E-state index contributed by atoms with van der Waals surface area (Å²) in [5.74, 6) is -2.05. The van der Waals surface area contributed by atoms with E-state index in [0.29, 0.717) is 25.7 Å². The van der Waals surface area contributed by atoms with Crippen LogP contribution in [-0.4, -0.2) is 69.3 Å². The molecule has 0 radical (unpaired) electrons. The van der Waals surface area contributed by atoms with Crippen molar-refractivity contribution in [2.75, 3.05) is 13.7 Å². The SMILES string of the molecule is COC(=O)[C@H](C1CC2CCC(C1)N2C(=O)OCC(Cl)(Cl)Cl)N1C(=O)c2ccccc2C1=O. The van der Waals surface area contributed by atoms with Crippen LogP contribution in [0.2, 0.25) is 0 Å². The highest BCUT2D eigenvalue weighted by molar-refractivity contribution is 6.67. The van der Waals surface area contributed by atoms with Crippen LogP contribution in [-0.2, 0) is 14.3 Å². The normalized spacial score (nSPS) is 25.6. The van der Waals surface area contributed by atoms with E-state index >= 15 is 0 Å². The number of ether oxygens (including phenoxy) is 2. The number of carbonyl (C=O) groups is 4. The first kappa shape index (κ1) is 23.1. The highest BCUT2D eigenvalue weighted by Crippen LogP contribution is 2.43. The topological polar surface area (TPSA) is 93.2 Å². The lowest BCUT2D eigenvalue weighted by atomic mass is 9.84. The molecule has 0 aromatic heterocycles.